The summed E-state index contributed by atoms with van der Waals surface area (Å²) in [4.78, 5) is 24.0. The van der Waals surface area contributed by atoms with Crippen molar-refractivity contribution < 1.29 is 14.7 Å². The van der Waals surface area contributed by atoms with Crippen LogP contribution in [0.1, 0.15) is 28.5 Å². The number of aromatic nitrogens is 1. The van der Waals surface area contributed by atoms with Gasteiger partial charge in [-0.25, -0.2) is 0 Å². The minimum atomic E-state index is -0.871. The molecule has 6 nitrogen and oxygen atoms in total. The van der Waals surface area contributed by atoms with E-state index in [-0.39, 0.29) is 6.54 Å². The first-order valence-corrected chi connectivity index (χ1v) is 7.76. The predicted octanol–water partition coefficient (Wildman–Crippen LogP) is 1.74. The molecule has 0 bridgehead atoms. The van der Waals surface area contributed by atoms with E-state index in [1.165, 1.54) is 0 Å². The molecule has 0 fully saturated rings. The fourth-order valence-corrected chi connectivity index (χ4v) is 2.74. The average Bonchev–Trinajstić information content (AvgIpc) is 2.94. The van der Waals surface area contributed by atoms with E-state index in [1.54, 1.807) is 29.9 Å². The Morgan fingerprint density at radius 3 is 2.33 bits per heavy atom. The Kier molecular flexibility index (Phi) is 5.41. The quantitative estimate of drug-likeness (QED) is 0.747. The lowest BCUT2D eigenvalue weighted by Gasteiger charge is -2.14. The van der Waals surface area contributed by atoms with Gasteiger partial charge in [0.2, 0.25) is 0 Å². The Bertz CT molecular complexity index is 742. The third-order valence-electron chi connectivity index (χ3n) is 3.90. The van der Waals surface area contributed by atoms with Crippen LogP contribution in [0.5, 0.6) is 0 Å². The zero-order valence-electron chi connectivity index (χ0n) is 14.4. The molecule has 2 aromatic rings. The van der Waals surface area contributed by atoms with Crippen LogP contribution >= 0.6 is 0 Å². The monoisotopic (exact) mass is 329 g/mol. The van der Waals surface area contributed by atoms with Crippen molar-refractivity contribution in [3.8, 4) is 0 Å². The summed E-state index contributed by atoms with van der Waals surface area (Å²) in [6.07, 6.45) is 0.931. The third-order valence-corrected chi connectivity index (χ3v) is 3.90. The smallest absolute Gasteiger partial charge is 0.313 e. The van der Waals surface area contributed by atoms with Gasteiger partial charge < -0.3 is 20.3 Å². The van der Waals surface area contributed by atoms with Gasteiger partial charge >= 0.3 is 11.8 Å². The van der Waals surface area contributed by atoms with E-state index in [2.05, 4.69) is 10.6 Å². The van der Waals surface area contributed by atoms with Crippen molar-refractivity contribution in [2.24, 2.45) is 7.05 Å². The molecule has 0 radical (unpaired) electrons. The van der Waals surface area contributed by atoms with Gasteiger partial charge in [0.25, 0.3) is 0 Å². The van der Waals surface area contributed by atoms with Crippen LogP contribution in [-0.4, -0.2) is 28.0 Å². The number of benzene rings is 1. The molecule has 1 atom stereocenters. The summed E-state index contributed by atoms with van der Waals surface area (Å²) in [6, 6.07) is 7.45. The normalized spacial score (nSPS) is 11.9. The number of rotatable bonds is 4. The Morgan fingerprint density at radius 2 is 1.79 bits per heavy atom. The van der Waals surface area contributed by atoms with Crippen molar-refractivity contribution in [2.75, 3.05) is 11.9 Å². The molecule has 0 saturated heterocycles. The molecular weight excluding hydrogens is 306 g/mol. The number of hydrogen-bond donors (Lipinski definition) is 3. The first kappa shape index (κ1) is 17.7. The molecule has 3 N–H and O–H groups in total. The number of anilines is 1. The second kappa shape index (κ2) is 7.31. The lowest BCUT2D eigenvalue weighted by molar-refractivity contribution is -0.136. The summed E-state index contributed by atoms with van der Waals surface area (Å²) in [5, 5.41) is 15.2. The molecule has 2 rings (SSSR count). The number of nitrogens with zero attached hydrogens (tertiary/aromatic N) is 1. The van der Waals surface area contributed by atoms with Gasteiger partial charge in [-0.05, 0) is 44.0 Å². The molecule has 0 saturated carbocycles. The molecule has 2 amide bonds. The Morgan fingerprint density at radius 1 is 1.17 bits per heavy atom. The number of aliphatic hydroxyl groups excluding tert-OH is 1. The molecule has 0 aliphatic heterocycles. The molecule has 0 aliphatic rings. The van der Waals surface area contributed by atoms with Gasteiger partial charge in [0.1, 0.15) is 6.10 Å². The third kappa shape index (κ3) is 4.02. The highest BCUT2D eigenvalue weighted by Crippen LogP contribution is 2.21. The number of aryl methyl sites for hydroxylation is 4. The van der Waals surface area contributed by atoms with Crippen molar-refractivity contribution in [1.29, 1.82) is 0 Å². The average molecular weight is 329 g/mol. The minimum Gasteiger partial charge on any atom is -0.385 e. The maximum absolute atomic E-state index is 12.1. The van der Waals surface area contributed by atoms with Crippen LogP contribution in [0.3, 0.4) is 0 Å². The molecule has 1 unspecified atom stereocenters. The van der Waals surface area contributed by atoms with Crippen molar-refractivity contribution in [3.63, 3.8) is 0 Å². The Labute approximate surface area is 141 Å². The highest BCUT2D eigenvalue weighted by molar-refractivity contribution is 6.39. The van der Waals surface area contributed by atoms with Crippen LogP contribution in [0, 0.1) is 20.8 Å². The molecule has 0 spiro atoms. The van der Waals surface area contributed by atoms with Crippen LogP contribution in [0.2, 0.25) is 0 Å². The summed E-state index contributed by atoms with van der Waals surface area (Å²) < 4.78 is 1.76. The number of nitrogens with one attached hydrogen (secondary N) is 2. The van der Waals surface area contributed by atoms with E-state index in [1.807, 2.05) is 32.9 Å². The first-order chi connectivity index (χ1) is 11.3. The summed E-state index contributed by atoms with van der Waals surface area (Å²) >= 11 is 0. The standard InChI is InChI=1S/C18H23N3O3/c1-11-8-12(2)16(13(3)9-11)20-18(24)17(23)19-10-15(22)14-6-5-7-21(14)4/h5-9,15,22H,10H2,1-4H3,(H,19,23)(H,20,24). The largest absolute Gasteiger partial charge is 0.385 e. The molecule has 1 aromatic carbocycles. The fraction of sp³-hybridized carbons (Fsp3) is 0.333. The topological polar surface area (TPSA) is 83.4 Å². The summed E-state index contributed by atoms with van der Waals surface area (Å²) in [5.41, 5.74) is 4.21. The fourth-order valence-electron chi connectivity index (χ4n) is 2.74. The number of carbonyl (C=O) groups is 2. The molecule has 1 aromatic heterocycles. The summed E-state index contributed by atoms with van der Waals surface area (Å²) in [7, 11) is 1.80. The highest BCUT2D eigenvalue weighted by Gasteiger charge is 2.18. The summed E-state index contributed by atoms with van der Waals surface area (Å²) in [5.74, 6) is -1.52. The van der Waals surface area contributed by atoms with Crippen LogP contribution in [0.25, 0.3) is 0 Å². The van der Waals surface area contributed by atoms with E-state index >= 15 is 0 Å². The van der Waals surface area contributed by atoms with Crippen molar-refractivity contribution in [3.05, 3.63) is 52.8 Å². The molecule has 6 heteroatoms. The van der Waals surface area contributed by atoms with Gasteiger partial charge in [0, 0.05) is 31.2 Å². The number of hydrogen-bond acceptors (Lipinski definition) is 3. The van der Waals surface area contributed by atoms with Crippen molar-refractivity contribution >= 4 is 17.5 Å². The molecule has 0 aliphatic carbocycles. The van der Waals surface area contributed by atoms with Gasteiger partial charge in [-0.15, -0.1) is 0 Å². The Hall–Kier alpha value is -2.60. The number of aliphatic hydroxyl groups is 1. The summed E-state index contributed by atoms with van der Waals surface area (Å²) in [6.45, 7) is 5.71. The van der Waals surface area contributed by atoms with E-state index in [0.717, 1.165) is 16.7 Å². The van der Waals surface area contributed by atoms with Crippen LogP contribution in [0.4, 0.5) is 5.69 Å². The van der Waals surface area contributed by atoms with E-state index < -0.39 is 17.9 Å². The Balaban J connectivity index is 1.96. The van der Waals surface area contributed by atoms with Crippen LogP contribution < -0.4 is 10.6 Å². The second-order valence-electron chi connectivity index (χ2n) is 6.00. The molecule has 128 valence electrons. The SMILES string of the molecule is Cc1cc(C)c(NC(=O)C(=O)NCC(O)c2cccn2C)c(C)c1. The van der Waals surface area contributed by atoms with Crippen molar-refractivity contribution in [1.82, 2.24) is 9.88 Å². The van der Waals surface area contributed by atoms with Crippen LogP contribution in [0.15, 0.2) is 30.5 Å². The number of amides is 2. The van der Waals surface area contributed by atoms with Gasteiger partial charge in [0.15, 0.2) is 0 Å². The lowest BCUT2D eigenvalue weighted by atomic mass is 10.1. The second-order valence-corrected chi connectivity index (χ2v) is 6.00. The zero-order chi connectivity index (χ0) is 17.9. The van der Waals surface area contributed by atoms with Crippen molar-refractivity contribution in [2.45, 2.75) is 26.9 Å². The minimum absolute atomic E-state index is 0.0318. The highest BCUT2D eigenvalue weighted by atomic mass is 16.3. The van der Waals surface area contributed by atoms with Gasteiger partial charge in [-0.2, -0.15) is 0 Å². The van der Waals surface area contributed by atoms with E-state index in [4.69, 9.17) is 0 Å². The number of carbonyl (C=O) groups excluding carboxylic acids is 2. The zero-order valence-corrected chi connectivity index (χ0v) is 14.4. The van der Waals surface area contributed by atoms with E-state index in [9.17, 15) is 14.7 Å². The molecular formula is C18H23N3O3. The van der Waals surface area contributed by atoms with Crippen LogP contribution in [-0.2, 0) is 16.6 Å². The maximum atomic E-state index is 12.1. The molecule has 1 heterocycles. The van der Waals surface area contributed by atoms with Gasteiger partial charge in [0.05, 0.1) is 0 Å². The maximum Gasteiger partial charge on any atom is 0.313 e. The van der Waals surface area contributed by atoms with Gasteiger partial charge in [-0.1, -0.05) is 17.7 Å². The van der Waals surface area contributed by atoms with E-state index in [0.29, 0.717) is 11.4 Å². The lowest BCUT2D eigenvalue weighted by Crippen LogP contribution is -2.38. The molecule has 24 heavy (non-hydrogen) atoms. The predicted molar refractivity (Wildman–Crippen MR) is 92.7 cm³/mol. The first-order valence-electron chi connectivity index (χ1n) is 7.76. The van der Waals surface area contributed by atoms with Gasteiger partial charge in [-0.3, -0.25) is 9.59 Å².